The average molecular weight is 242 g/mol. The van der Waals surface area contributed by atoms with Gasteiger partial charge in [0.2, 0.25) is 0 Å². The second-order valence-corrected chi connectivity index (χ2v) is 5.14. The molecule has 2 N–H and O–H groups in total. The Morgan fingerprint density at radius 2 is 2.22 bits per heavy atom. The smallest absolute Gasteiger partial charge is 0.140 e. The van der Waals surface area contributed by atoms with E-state index in [0.717, 1.165) is 11.5 Å². The first-order chi connectivity index (χ1) is 8.75. The Labute approximate surface area is 107 Å². The van der Waals surface area contributed by atoms with Gasteiger partial charge in [-0.25, -0.2) is 0 Å². The van der Waals surface area contributed by atoms with Crippen LogP contribution < -0.4 is 5.73 Å². The second-order valence-electron chi connectivity index (χ2n) is 5.14. The molecule has 0 saturated heterocycles. The van der Waals surface area contributed by atoms with Gasteiger partial charge in [0.15, 0.2) is 0 Å². The number of nitrogens with two attached hydrogens (primary N) is 1. The summed E-state index contributed by atoms with van der Waals surface area (Å²) < 4.78 is 2.02. The Morgan fingerprint density at radius 3 is 2.78 bits per heavy atom. The van der Waals surface area contributed by atoms with Crippen LogP contribution in [0.4, 0.5) is 5.69 Å². The fourth-order valence-electron chi connectivity index (χ4n) is 2.73. The van der Waals surface area contributed by atoms with Crippen molar-refractivity contribution >= 4 is 5.69 Å². The Morgan fingerprint density at radius 1 is 1.39 bits per heavy atom. The number of aromatic nitrogens is 3. The maximum Gasteiger partial charge on any atom is 0.140 e. The molecule has 3 rings (SSSR count). The van der Waals surface area contributed by atoms with Gasteiger partial charge in [0.25, 0.3) is 0 Å². The van der Waals surface area contributed by atoms with Gasteiger partial charge in [0.1, 0.15) is 12.2 Å². The third-order valence-electron chi connectivity index (χ3n) is 3.92. The van der Waals surface area contributed by atoms with Crippen molar-refractivity contribution in [3.63, 3.8) is 0 Å². The lowest BCUT2D eigenvalue weighted by Crippen LogP contribution is -2.24. The molecule has 4 nitrogen and oxygen atoms in total. The van der Waals surface area contributed by atoms with Crippen LogP contribution in [-0.4, -0.2) is 14.8 Å². The molecule has 1 fully saturated rings. The predicted molar refractivity (Wildman–Crippen MR) is 71.0 cm³/mol. The molecule has 0 spiro atoms. The minimum atomic E-state index is 0.328. The lowest BCUT2D eigenvalue weighted by Gasteiger charge is -2.33. The van der Waals surface area contributed by atoms with Gasteiger partial charge in [-0.15, -0.1) is 10.2 Å². The summed E-state index contributed by atoms with van der Waals surface area (Å²) in [6.07, 6.45) is 5.63. The molecule has 1 atom stereocenters. The van der Waals surface area contributed by atoms with Gasteiger partial charge in [-0.2, -0.15) is 0 Å². The summed E-state index contributed by atoms with van der Waals surface area (Å²) in [4.78, 5) is 0. The van der Waals surface area contributed by atoms with Gasteiger partial charge >= 0.3 is 0 Å². The highest BCUT2D eigenvalue weighted by Crippen LogP contribution is 2.42. The first-order valence-corrected chi connectivity index (χ1v) is 6.45. The topological polar surface area (TPSA) is 56.7 Å². The highest BCUT2D eigenvalue weighted by Gasteiger charge is 2.32. The molecule has 0 aliphatic heterocycles. The molecule has 1 aromatic heterocycles. The van der Waals surface area contributed by atoms with Crippen LogP contribution in [-0.2, 0) is 7.05 Å². The van der Waals surface area contributed by atoms with Gasteiger partial charge in [0, 0.05) is 18.7 Å². The van der Waals surface area contributed by atoms with Crippen molar-refractivity contribution in [2.24, 2.45) is 13.0 Å². The standard InChI is InChI=1S/C14H18N4/c1-18-9-16-17-14(18)13(10-4-2-5-10)11-6-3-7-12(15)8-11/h3,6-10,13H,2,4-5,15H2,1H3/t13-/m1/s1. The van der Waals surface area contributed by atoms with E-state index in [1.807, 2.05) is 23.7 Å². The van der Waals surface area contributed by atoms with Gasteiger partial charge < -0.3 is 10.3 Å². The highest BCUT2D eigenvalue weighted by atomic mass is 15.2. The van der Waals surface area contributed by atoms with Crippen LogP contribution in [0.2, 0.25) is 0 Å². The first-order valence-electron chi connectivity index (χ1n) is 6.45. The van der Waals surface area contributed by atoms with E-state index in [2.05, 4.69) is 22.3 Å². The van der Waals surface area contributed by atoms with Crippen molar-refractivity contribution < 1.29 is 0 Å². The number of anilines is 1. The van der Waals surface area contributed by atoms with Gasteiger partial charge in [-0.1, -0.05) is 18.6 Å². The van der Waals surface area contributed by atoms with Crippen LogP contribution in [0.5, 0.6) is 0 Å². The number of rotatable bonds is 3. The molecule has 1 aliphatic rings. The van der Waals surface area contributed by atoms with E-state index < -0.39 is 0 Å². The van der Waals surface area contributed by atoms with Crippen molar-refractivity contribution in [3.8, 4) is 0 Å². The van der Waals surface area contributed by atoms with Crippen molar-refractivity contribution in [2.45, 2.75) is 25.2 Å². The van der Waals surface area contributed by atoms with E-state index in [-0.39, 0.29) is 0 Å². The monoisotopic (exact) mass is 242 g/mol. The molecule has 0 bridgehead atoms. The average Bonchev–Trinajstić information content (AvgIpc) is 2.69. The molecule has 18 heavy (non-hydrogen) atoms. The van der Waals surface area contributed by atoms with E-state index in [4.69, 9.17) is 5.73 Å². The number of nitrogen functional groups attached to an aromatic ring is 1. The quantitative estimate of drug-likeness (QED) is 0.840. The van der Waals surface area contributed by atoms with E-state index in [0.29, 0.717) is 11.8 Å². The second kappa shape index (κ2) is 4.44. The van der Waals surface area contributed by atoms with Gasteiger partial charge in [0.05, 0.1) is 0 Å². The molecule has 2 aromatic rings. The van der Waals surface area contributed by atoms with Crippen molar-refractivity contribution in [1.82, 2.24) is 14.8 Å². The van der Waals surface area contributed by atoms with Crippen molar-refractivity contribution in [1.29, 1.82) is 0 Å². The third-order valence-corrected chi connectivity index (χ3v) is 3.92. The van der Waals surface area contributed by atoms with Crippen LogP contribution in [0.3, 0.4) is 0 Å². The molecule has 1 heterocycles. The summed E-state index contributed by atoms with van der Waals surface area (Å²) in [5.41, 5.74) is 7.98. The summed E-state index contributed by atoms with van der Waals surface area (Å²) in [6, 6.07) is 8.16. The molecule has 1 aromatic carbocycles. The largest absolute Gasteiger partial charge is 0.399 e. The molecular formula is C14H18N4. The highest BCUT2D eigenvalue weighted by molar-refractivity contribution is 5.43. The summed E-state index contributed by atoms with van der Waals surface area (Å²) in [7, 11) is 2.01. The van der Waals surface area contributed by atoms with Crippen LogP contribution in [0, 0.1) is 5.92 Å². The van der Waals surface area contributed by atoms with Crippen LogP contribution >= 0.6 is 0 Å². The van der Waals surface area contributed by atoms with Crippen molar-refractivity contribution in [2.75, 3.05) is 5.73 Å². The number of benzene rings is 1. The van der Waals surface area contributed by atoms with Crippen LogP contribution in [0.25, 0.3) is 0 Å². The summed E-state index contributed by atoms with van der Waals surface area (Å²) in [5, 5.41) is 8.31. The lowest BCUT2D eigenvalue weighted by molar-refractivity contribution is 0.274. The summed E-state index contributed by atoms with van der Waals surface area (Å²) in [5.74, 6) is 2.05. The minimum absolute atomic E-state index is 0.328. The lowest BCUT2D eigenvalue weighted by atomic mass is 9.72. The first kappa shape index (κ1) is 11.3. The van der Waals surface area contributed by atoms with Crippen molar-refractivity contribution in [3.05, 3.63) is 42.0 Å². The third kappa shape index (κ3) is 1.88. The zero-order chi connectivity index (χ0) is 12.5. The molecule has 1 aliphatic carbocycles. The SMILES string of the molecule is Cn1cnnc1[C@@H](c1cccc(N)c1)C1CCC1. The Bertz CT molecular complexity index is 542. The zero-order valence-corrected chi connectivity index (χ0v) is 10.6. The fraction of sp³-hybridized carbons (Fsp3) is 0.429. The zero-order valence-electron chi connectivity index (χ0n) is 10.6. The number of nitrogens with zero attached hydrogens (tertiary/aromatic N) is 3. The molecule has 0 amide bonds. The Balaban J connectivity index is 2.03. The maximum atomic E-state index is 5.90. The number of hydrogen-bond donors (Lipinski definition) is 1. The number of hydrogen-bond acceptors (Lipinski definition) is 3. The Hall–Kier alpha value is -1.84. The molecule has 0 unspecified atom stereocenters. The van der Waals surface area contributed by atoms with Gasteiger partial charge in [-0.05, 0) is 36.5 Å². The molecule has 1 saturated carbocycles. The van der Waals surface area contributed by atoms with E-state index in [1.165, 1.54) is 24.8 Å². The molecule has 94 valence electrons. The minimum Gasteiger partial charge on any atom is -0.399 e. The van der Waals surface area contributed by atoms with Gasteiger partial charge in [-0.3, -0.25) is 0 Å². The van der Waals surface area contributed by atoms with E-state index in [1.54, 1.807) is 6.33 Å². The molecule has 4 heteroatoms. The number of aryl methyl sites for hydroxylation is 1. The summed E-state index contributed by atoms with van der Waals surface area (Å²) >= 11 is 0. The van der Waals surface area contributed by atoms with E-state index >= 15 is 0 Å². The fourth-order valence-corrected chi connectivity index (χ4v) is 2.73. The normalized spacial score (nSPS) is 17.4. The molecular weight excluding hydrogens is 224 g/mol. The Kier molecular flexibility index (Phi) is 2.78. The maximum absolute atomic E-state index is 5.90. The van der Waals surface area contributed by atoms with E-state index in [9.17, 15) is 0 Å². The van der Waals surface area contributed by atoms with Crippen LogP contribution in [0.15, 0.2) is 30.6 Å². The van der Waals surface area contributed by atoms with Crippen LogP contribution in [0.1, 0.15) is 36.6 Å². The summed E-state index contributed by atoms with van der Waals surface area (Å²) in [6.45, 7) is 0. The predicted octanol–water partition coefficient (Wildman–Crippen LogP) is 2.33. The molecule has 0 radical (unpaired) electrons.